The SMILES string of the molecule is COc1ccc(C(=O)CSc2nc3n(n2)C(c2ccc(F)cc2)C2=C(CC(C)(C)CC2=O)N3)cc1. The van der Waals surface area contributed by atoms with E-state index in [1.807, 2.05) is 0 Å². The summed E-state index contributed by atoms with van der Waals surface area (Å²) in [6, 6.07) is 12.6. The molecule has 2 heterocycles. The number of anilines is 1. The quantitative estimate of drug-likeness (QED) is 0.380. The number of nitrogens with one attached hydrogen (secondary N) is 1. The van der Waals surface area contributed by atoms with Crippen molar-refractivity contribution in [3.8, 4) is 5.75 Å². The number of ketones is 2. The Labute approximate surface area is 206 Å². The Morgan fingerprint density at radius 1 is 1.17 bits per heavy atom. The summed E-state index contributed by atoms with van der Waals surface area (Å²) in [5.41, 5.74) is 2.62. The normalized spacial score (nSPS) is 18.5. The van der Waals surface area contributed by atoms with Gasteiger partial charge in [-0.1, -0.05) is 37.7 Å². The number of fused-ring (bicyclic) bond motifs is 1. The molecule has 1 aliphatic heterocycles. The topological polar surface area (TPSA) is 86.1 Å². The first-order chi connectivity index (χ1) is 16.7. The summed E-state index contributed by atoms with van der Waals surface area (Å²) in [4.78, 5) is 30.5. The fourth-order valence-electron chi connectivity index (χ4n) is 4.59. The number of allylic oxidation sites excluding steroid dienone is 2. The molecule has 1 aromatic heterocycles. The van der Waals surface area contributed by atoms with Crippen molar-refractivity contribution in [2.24, 2.45) is 5.41 Å². The molecule has 3 aromatic rings. The zero-order valence-corrected chi connectivity index (χ0v) is 20.5. The summed E-state index contributed by atoms with van der Waals surface area (Å²) in [5.74, 6) is 0.995. The zero-order valence-electron chi connectivity index (χ0n) is 19.7. The molecule has 7 nitrogen and oxygen atoms in total. The van der Waals surface area contributed by atoms with Gasteiger partial charge in [-0.2, -0.15) is 4.98 Å². The average Bonchev–Trinajstić information content (AvgIpc) is 3.23. The van der Waals surface area contributed by atoms with Crippen molar-refractivity contribution in [3.63, 3.8) is 0 Å². The molecule has 9 heteroatoms. The number of carbonyl (C=O) groups excluding carboxylic acids is 2. The van der Waals surface area contributed by atoms with Crippen molar-refractivity contribution in [1.29, 1.82) is 0 Å². The number of thioether (sulfide) groups is 1. The van der Waals surface area contributed by atoms with Crippen molar-refractivity contribution in [2.75, 3.05) is 18.2 Å². The molecular weight excluding hydrogens is 467 g/mol. The van der Waals surface area contributed by atoms with Crippen molar-refractivity contribution in [2.45, 2.75) is 37.9 Å². The van der Waals surface area contributed by atoms with Gasteiger partial charge in [0.2, 0.25) is 11.1 Å². The number of benzene rings is 2. The molecule has 2 aliphatic rings. The second kappa shape index (κ2) is 8.96. The molecule has 1 atom stereocenters. The van der Waals surface area contributed by atoms with Gasteiger partial charge >= 0.3 is 0 Å². The summed E-state index contributed by atoms with van der Waals surface area (Å²) < 4.78 is 20.5. The monoisotopic (exact) mass is 492 g/mol. The lowest BCUT2D eigenvalue weighted by Crippen LogP contribution is -2.36. The molecule has 0 amide bonds. The van der Waals surface area contributed by atoms with E-state index in [0.29, 0.717) is 40.8 Å². The first kappa shape index (κ1) is 23.3. The number of ether oxygens (including phenoxy) is 1. The van der Waals surface area contributed by atoms with Crippen LogP contribution in [0.1, 0.15) is 48.7 Å². The Bertz CT molecular complexity index is 1330. The van der Waals surface area contributed by atoms with Crippen LogP contribution in [-0.4, -0.2) is 39.2 Å². The summed E-state index contributed by atoms with van der Waals surface area (Å²) in [7, 11) is 1.58. The molecule has 0 saturated carbocycles. The molecule has 0 radical (unpaired) electrons. The van der Waals surface area contributed by atoms with Gasteiger partial charge in [-0.15, -0.1) is 5.10 Å². The van der Waals surface area contributed by atoms with E-state index in [9.17, 15) is 14.0 Å². The summed E-state index contributed by atoms with van der Waals surface area (Å²) in [6.07, 6.45) is 1.12. The third-order valence-electron chi connectivity index (χ3n) is 6.24. The molecule has 35 heavy (non-hydrogen) atoms. The van der Waals surface area contributed by atoms with Gasteiger partial charge in [0.1, 0.15) is 17.6 Å². The minimum atomic E-state index is -0.510. The van der Waals surface area contributed by atoms with Crippen LogP contribution in [0.4, 0.5) is 10.3 Å². The second-order valence-corrected chi connectivity index (χ2v) is 10.5. The smallest absolute Gasteiger partial charge is 0.227 e. The maximum absolute atomic E-state index is 13.7. The number of aromatic nitrogens is 3. The average molecular weight is 493 g/mol. The molecule has 1 aliphatic carbocycles. The molecular formula is C26H25FN4O3S. The van der Waals surface area contributed by atoms with Crippen LogP contribution >= 0.6 is 11.8 Å². The van der Waals surface area contributed by atoms with Crippen LogP contribution in [0.25, 0.3) is 0 Å². The van der Waals surface area contributed by atoms with Crippen molar-refractivity contribution in [1.82, 2.24) is 14.8 Å². The van der Waals surface area contributed by atoms with Crippen LogP contribution in [0.3, 0.4) is 0 Å². The lowest BCUT2D eigenvalue weighted by Gasteiger charge is -2.38. The minimum absolute atomic E-state index is 0.0445. The van der Waals surface area contributed by atoms with Gasteiger partial charge in [-0.25, -0.2) is 9.07 Å². The van der Waals surface area contributed by atoms with Crippen LogP contribution in [-0.2, 0) is 4.79 Å². The Hall–Kier alpha value is -3.46. The predicted molar refractivity (Wildman–Crippen MR) is 131 cm³/mol. The lowest BCUT2D eigenvalue weighted by molar-refractivity contribution is -0.118. The fraction of sp³-hybridized carbons (Fsp3) is 0.308. The van der Waals surface area contributed by atoms with E-state index in [1.54, 1.807) is 48.2 Å². The molecule has 2 aromatic carbocycles. The van der Waals surface area contributed by atoms with Gasteiger partial charge in [-0.05, 0) is 53.8 Å². The summed E-state index contributed by atoms with van der Waals surface area (Å²) in [5, 5.41) is 8.37. The molecule has 5 rings (SSSR count). The molecule has 0 spiro atoms. The number of carbonyl (C=O) groups is 2. The van der Waals surface area contributed by atoms with E-state index in [4.69, 9.17) is 4.74 Å². The first-order valence-electron chi connectivity index (χ1n) is 11.3. The van der Waals surface area contributed by atoms with Gasteiger partial charge in [0.05, 0.1) is 12.9 Å². The van der Waals surface area contributed by atoms with Gasteiger partial charge in [0.15, 0.2) is 11.6 Å². The van der Waals surface area contributed by atoms with Crippen molar-refractivity contribution >= 4 is 29.3 Å². The van der Waals surface area contributed by atoms with E-state index in [0.717, 1.165) is 11.3 Å². The molecule has 0 bridgehead atoms. The van der Waals surface area contributed by atoms with Crippen LogP contribution in [0.2, 0.25) is 0 Å². The number of nitrogens with zero attached hydrogens (tertiary/aromatic N) is 3. The van der Waals surface area contributed by atoms with E-state index in [2.05, 4.69) is 29.2 Å². The number of Topliss-reactive ketones (excluding diaryl/α,β-unsaturated/α-hetero) is 2. The standard InChI is InChI=1S/C26H25FN4O3S/c1-26(2)12-19-22(20(32)13-26)23(16-4-8-17(27)9-5-16)31-24(28-19)29-25(30-31)35-14-21(33)15-6-10-18(34-3)11-7-15/h4-11,23H,12-14H2,1-3H3,(H,28,29,30). The molecule has 180 valence electrons. The van der Waals surface area contributed by atoms with Crippen LogP contribution < -0.4 is 10.1 Å². The highest BCUT2D eigenvalue weighted by molar-refractivity contribution is 7.99. The highest BCUT2D eigenvalue weighted by atomic mass is 32.2. The predicted octanol–water partition coefficient (Wildman–Crippen LogP) is 5.06. The van der Waals surface area contributed by atoms with E-state index >= 15 is 0 Å². The maximum atomic E-state index is 13.7. The van der Waals surface area contributed by atoms with E-state index in [1.165, 1.54) is 23.9 Å². The zero-order chi connectivity index (χ0) is 24.7. The minimum Gasteiger partial charge on any atom is -0.497 e. The third kappa shape index (κ3) is 4.60. The summed E-state index contributed by atoms with van der Waals surface area (Å²) >= 11 is 1.23. The first-order valence-corrected chi connectivity index (χ1v) is 12.3. The lowest BCUT2D eigenvalue weighted by atomic mass is 9.73. The van der Waals surface area contributed by atoms with Gasteiger partial charge < -0.3 is 10.1 Å². The van der Waals surface area contributed by atoms with Gasteiger partial charge in [0.25, 0.3) is 0 Å². The third-order valence-corrected chi connectivity index (χ3v) is 7.08. The number of hydrogen-bond donors (Lipinski definition) is 1. The number of hydrogen-bond acceptors (Lipinski definition) is 7. The van der Waals surface area contributed by atoms with Gasteiger partial charge in [0, 0.05) is 23.3 Å². The molecule has 1 N–H and O–H groups in total. The van der Waals surface area contributed by atoms with E-state index < -0.39 is 6.04 Å². The number of rotatable bonds is 6. The Morgan fingerprint density at radius 3 is 2.57 bits per heavy atom. The fourth-order valence-corrected chi connectivity index (χ4v) is 5.32. The van der Waals surface area contributed by atoms with Crippen LogP contribution in [0, 0.1) is 11.2 Å². The van der Waals surface area contributed by atoms with Crippen LogP contribution in [0.15, 0.2) is 65.0 Å². The van der Waals surface area contributed by atoms with Gasteiger partial charge in [-0.3, -0.25) is 9.59 Å². The highest BCUT2D eigenvalue weighted by Crippen LogP contribution is 2.45. The Morgan fingerprint density at radius 2 is 1.89 bits per heavy atom. The number of halogens is 1. The largest absolute Gasteiger partial charge is 0.497 e. The van der Waals surface area contributed by atoms with E-state index in [-0.39, 0.29) is 28.6 Å². The molecule has 0 fully saturated rings. The van der Waals surface area contributed by atoms with Crippen molar-refractivity contribution < 1.29 is 18.7 Å². The van der Waals surface area contributed by atoms with Crippen molar-refractivity contribution in [3.05, 3.63) is 76.7 Å². The summed E-state index contributed by atoms with van der Waals surface area (Å²) in [6.45, 7) is 4.13. The Kier molecular flexibility index (Phi) is 5.96. The second-order valence-electron chi connectivity index (χ2n) is 9.52. The highest BCUT2D eigenvalue weighted by Gasteiger charge is 2.41. The molecule has 0 saturated heterocycles. The Balaban J connectivity index is 1.44. The molecule has 1 unspecified atom stereocenters. The maximum Gasteiger partial charge on any atom is 0.227 e. The number of methoxy groups -OCH3 is 1. The van der Waals surface area contributed by atoms with Crippen LogP contribution in [0.5, 0.6) is 5.75 Å².